The molecule has 0 N–H and O–H groups in total. The van der Waals surface area contributed by atoms with Gasteiger partial charge >= 0.3 is 5.63 Å². The van der Waals surface area contributed by atoms with Gasteiger partial charge in [-0.15, -0.1) is 0 Å². The van der Waals surface area contributed by atoms with Gasteiger partial charge in [0, 0.05) is 18.5 Å². The molecule has 2 heterocycles. The summed E-state index contributed by atoms with van der Waals surface area (Å²) in [5.41, 5.74) is 3.30. The first-order valence-corrected chi connectivity index (χ1v) is 10.7. The fourth-order valence-electron chi connectivity index (χ4n) is 4.51. The number of ether oxygens (including phenoxy) is 1. The SMILES string of the molecule is CC1(C)CC(C=Cc2c(N3CCOCC3)c3ccccc3oc2=O)=CC(=C(C#N)C#N)C1. The molecular formula is C26H25N3O3. The van der Waals surface area contributed by atoms with Gasteiger partial charge in [-0.05, 0) is 47.6 Å². The van der Waals surface area contributed by atoms with Crippen LogP contribution < -0.4 is 10.5 Å². The molecule has 1 aliphatic carbocycles. The number of nitrogens with zero attached hydrogens (tertiary/aromatic N) is 3. The lowest BCUT2D eigenvalue weighted by Crippen LogP contribution is -2.37. The van der Waals surface area contributed by atoms with Crippen molar-refractivity contribution in [3.05, 3.63) is 69.1 Å². The lowest BCUT2D eigenvalue weighted by atomic mass is 9.74. The highest BCUT2D eigenvalue weighted by Gasteiger charge is 2.27. The highest BCUT2D eigenvalue weighted by molar-refractivity contribution is 5.94. The zero-order valence-corrected chi connectivity index (χ0v) is 18.4. The van der Waals surface area contributed by atoms with Crippen LogP contribution in [0.5, 0.6) is 0 Å². The standard InChI is InChI=1S/C26H25N3O3/c1-26(2)14-18(13-19(15-26)20(16-27)17-28)7-8-22-24(29-9-11-31-12-10-29)21-5-3-4-6-23(21)32-25(22)30/h3-8,13H,9-12,14-15H2,1-2H3. The molecule has 1 saturated heterocycles. The smallest absolute Gasteiger partial charge is 0.345 e. The molecule has 0 amide bonds. The van der Waals surface area contributed by atoms with Crippen LogP contribution in [0.1, 0.15) is 32.3 Å². The van der Waals surface area contributed by atoms with Crippen molar-refractivity contribution in [2.45, 2.75) is 26.7 Å². The molecule has 6 nitrogen and oxygen atoms in total. The maximum atomic E-state index is 13.0. The van der Waals surface area contributed by atoms with Crippen LogP contribution in [0, 0.1) is 28.1 Å². The second-order valence-electron chi connectivity index (χ2n) is 8.94. The Morgan fingerprint density at radius 3 is 2.53 bits per heavy atom. The van der Waals surface area contributed by atoms with Crippen LogP contribution in [0.25, 0.3) is 17.0 Å². The Morgan fingerprint density at radius 1 is 1.09 bits per heavy atom. The maximum Gasteiger partial charge on any atom is 0.345 e. The quantitative estimate of drug-likeness (QED) is 0.519. The number of fused-ring (bicyclic) bond motifs is 1. The minimum atomic E-state index is -0.386. The first-order valence-electron chi connectivity index (χ1n) is 10.7. The summed E-state index contributed by atoms with van der Waals surface area (Å²) < 4.78 is 11.1. The molecule has 4 rings (SSSR count). The third-order valence-corrected chi connectivity index (χ3v) is 5.87. The van der Waals surface area contributed by atoms with Crippen LogP contribution in [0.15, 0.2) is 62.3 Å². The first-order chi connectivity index (χ1) is 15.4. The summed E-state index contributed by atoms with van der Waals surface area (Å²) in [7, 11) is 0. The first kappa shape index (κ1) is 21.6. The van der Waals surface area contributed by atoms with E-state index in [1.165, 1.54) is 0 Å². The van der Waals surface area contributed by atoms with Gasteiger partial charge in [-0.1, -0.05) is 38.1 Å². The molecule has 0 spiro atoms. The van der Waals surface area contributed by atoms with Gasteiger partial charge in [0.2, 0.25) is 0 Å². The zero-order chi connectivity index (χ0) is 22.7. The van der Waals surface area contributed by atoms with Crippen molar-refractivity contribution >= 4 is 22.7 Å². The van der Waals surface area contributed by atoms with E-state index in [-0.39, 0.29) is 16.6 Å². The molecular weight excluding hydrogens is 402 g/mol. The number of hydrogen-bond acceptors (Lipinski definition) is 6. The molecule has 0 bridgehead atoms. The van der Waals surface area contributed by atoms with E-state index in [1.54, 1.807) is 0 Å². The zero-order valence-electron chi connectivity index (χ0n) is 18.4. The van der Waals surface area contributed by atoms with Crippen LogP contribution in [0.4, 0.5) is 5.69 Å². The molecule has 32 heavy (non-hydrogen) atoms. The average molecular weight is 428 g/mol. The van der Waals surface area contributed by atoms with Crippen molar-refractivity contribution in [3.63, 3.8) is 0 Å². The summed E-state index contributed by atoms with van der Waals surface area (Å²) in [5.74, 6) is 0. The Labute approximate surface area is 187 Å². The van der Waals surface area contributed by atoms with Crippen LogP contribution in [-0.2, 0) is 4.74 Å². The molecule has 6 heteroatoms. The van der Waals surface area contributed by atoms with Gasteiger partial charge in [-0.3, -0.25) is 0 Å². The van der Waals surface area contributed by atoms with E-state index >= 15 is 0 Å². The normalized spacial score (nSPS) is 18.3. The van der Waals surface area contributed by atoms with E-state index in [9.17, 15) is 15.3 Å². The molecule has 1 aromatic heterocycles. The van der Waals surface area contributed by atoms with E-state index in [1.807, 2.05) is 54.6 Å². The third-order valence-electron chi connectivity index (χ3n) is 5.87. The largest absolute Gasteiger partial charge is 0.422 e. The van der Waals surface area contributed by atoms with E-state index < -0.39 is 0 Å². The second-order valence-corrected chi connectivity index (χ2v) is 8.94. The average Bonchev–Trinajstić information content (AvgIpc) is 2.78. The fourth-order valence-corrected chi connectivity index (χ4v) is 4.51. The number of hydrogen-bond donors (Lipinski definition) is 0. The predicted octanol–water partition coefficient (Wildman–Crippen LogP) is 4.73. The molecule has 162 valence electrons. The van der Waals surface area contributed by atoms with Crippen LogP contribution in [0.2, 0.25) is 0 Å². The molecule has 1 aromatic carbocycles. The Balaban J connectivity index is 1.83. The lowest BCUT2D eigenvalue weighted by Gasteiger charge is -2.31. The van der Waals surface area contributed by atoms with Crippen molar-refractivity contribution in [2.24, 2.45) is 5.41 Å². The lowest BCUT2D eigenvalue weighted by molar-refractivity contribution is 0.123. The molecule has 0 unspecified atom stereocenters. The van der Waals surface area contributed by atoms with Gasteiger partial charge in [0.25, 0.3) is 0 Å². The Bertz CT molecular complexity index is 1260. The van der Waals surface area contributed by atoms with Gasteiger partial charge in [0.1, 0.15) is 23.3 Å². The number of benzene rings is 1. The summed E-state index contributed by atoms with van der Waals surface area (Å²) in [5, 5.41) is 19.5. The van der Waals surface area contributed by atoms with Gasteiger partial charge < -0.3 is 14.1 Å². The van der Waals surface area contributed by atoms with Crippen molar-refractivity contribution in [3.8, 4) is 12.1 Å². The number of morpholine rings is 1. The van der Waals surface area contributed by atoms with E-state index in [2.05, 4.69) is 18.7 Å². The topological polar surface area (TPSA) is 90.3 Å². The van der Waals surface area contributed by atoms with Gasteiger partial charge in [0.15, 0.2) is 0 Å². The number of allylic oxidation sites excluding steroid dienone is 5. The molecule has 0 radical (unpaired) electrons. The number of nitriles is 2. The Morgan fingerprint density at radius 2 is 1.81 bits per heavy atom. The number of para-hydroxylation sites is 1. The van der Waals surface area contributed by atoms with Gasteiger partial charge in [0.05, 0.1) is 24.5 Å². The summed E-state index contributed by atoms with van der Waals surface area (Å²) in [4.78, 5) is 15.1. The molecule has 0 atom stereocenters. The minimum absolute atomic E-state index is 0.0935. The molecule has 1 fully saturated rings. The Kier molecular flexibility index (Phi) is 5.99. The number of anilines is 1. The van der Waals surface area contributed by atoms with Crippen molar-refractivity contribution in [2.75, 3.05) is 31.2 Å². The minimum Gasteiger partial charge on any atom is -0.422 e. The van der Waals surface area contributed by atoms with Crippen LogP contribution in [0.3, 0.4) is 0 Å². The number of rotatable bonds is 3. The summed E-state index contributed by atoms with van der Waals surface area (Å²) in [6.45, 7) is 6.84. The van der Waals surface area contributed by atoms with E-state index in [0.29, 0.717) is 43.9 Å². The maximum absolute atomic E-state index is 13.0. The van der Waals surface area contributed by atoms with Crippen LogP contribution >= 0.6 is 0 Å². The van der Waals surface area contributed by atoms with E-state index in [4.69, 9.17) is 9.15 Å². The van der Waals surface area contributed by atoms with Crippen molar-refractivity contribution < 1.29 is 9.15 Å². The second kappa shape index (κ2) is 8.86. The molecule has 2 aliphatic rings. The molecule has 1 aliphatic heterocycles. The van der Waals surface area contributed by atoms with Gasteiger partial charge in [-0.2, -0.15) is 10.5 Å². The molecule has 0 saturated carbocycles. The predicted molar refractivity (Wildman–Crippen MR) is 124 cm³/mol. The van der Waals surface area contributed by atoms with Crippen molar-refractivity contribution in [1.82, 2.24) is 0 Å². The monoisotopic (exact) mass is 427 g/mol. The summed E-state index contributed by atoms with van der Waals surface area (Å²) >= 11 is 0. The molecule has 2 aromatic rings. The fraction of sp³-hybridized carbons (Fsp3) is 0.346. The van der Waals surface area contributed by atoms with Crippen molar-refractivity contribution in [1.29, 1.82) is 10.5 Å². The van der Waals surface area contributed by atoms with Crippen LogP contribution in [-0.4, -0.2) is 26.3 Å². The Hall–Kier alpha value is -3.61. The summed E-state index contributed by atoms with van der Waals surface area (Å²) in [6.07, 6.45) is 7.08. The summed E-state index contributed by atoms with van der Waals surface area (Å²) in [6, 6.07) is 11.6. The third kappa shape index (κ3) is 4.37. The highest BCUT2D eigenvalue weighted by atomic mass is 16.5. The van der Waals surface area contributed by atoms with Gasteiger partial charge in [-0.25, -0.2) is 4.79 Å². The highest BCUT2D eigenvalue weighted by Crippen LogP contribution is 2.40. The van der Waals surface area contributed by atoms with E-state index in [0.717, 1.165) is 28.6 Å².